The van der Waals surface area contributed by atoms with Gasteiger partial charge in [-0.25, -0.2) is 0 Å². The van der Waals surface area contributed by atoms with E-state index in [0.29, 0.717) is 17.8 Å². The Kier molecular flexibility index (Phi) is 3.72. The molecular formula is C24H18N2O. The summed E-state index contributed by atoms with van der Waals surface area (Å²) in [4.78, 5) is 13.5. The maximum Gasteiger partial charge on any atom is 0.210 e. The minimum Gasteiger partial charge on any atom is -0.309 e. The molecule has 1 unspecified atom stereocenters. The van der Waals surface area contributed by atoms with Crippen molar-refractivity contribution in [2.24, 2.45) is 5.10 Å². The maximum absolute atomic E-state index is 13.5. The van der Waals surface area contributed by atoms with Crippen molar-refractivity contribution in [1.29, 1.82) is 0 Å². The third kappa shape index (κ3) is 2.59. The van der Waals surface area contributed by atoms with E-state index < -0.39 is 0 Å². The topological polar surface area (TPSA) is 41.5 Å². The van der Waals surface area contributed by atoms with E-state index in [2.05, 4.69) is 40.9 Å². The minimum absolute atomic E-state index is 0.00388. The predicted octanol–water partition coefficient (Wildman–Crippen LogP) is 4.92. The van der Waals surface area contributed by atoms with Gasteiger partial charge in [0.1, 0.15) is 5.71 Å². The Balaban J connectivity index is 1.67. The number of hydrogen-bond donors (Lipinski definition) is 1. The van der Waals surface area contributed by atoms with Crippen LogP contribution in [0.15, 0.2) is 90.0 Å². The minimum atomic E-state index is -0.0241. The number of rotatable bonds is 3. The Hall–Kier alpha value is -3.46. The maximum atomic E-state index is 13.5. The first-order chi connectivity index (χ1) is 13.3. The number of benzene rings is 4. The third-order valence-corrected chi connectivity index (χ3v) is 5.27. The van der Waals surface area contributed by atoms with E-state index in [4.69, 9.17) is 0 Å². The van der Waals surface area contributed by atoms with Crippen LogP contribution in [0, 0.1) is 0 Å². The van der Waals surface area contributed by atoms with E-state index in [1.807, 2.05) is 54.6 Å². The number of ketones is 1. The van der Waals surface area contributed by atoms with Crippen molar-refractivity contribution in [2.45, 2.75) is 5.92 Å². The Morgan fingerprint density at radius 2 is 1.48 bits per heavy atom. The van der Waals surface area contributed by atoms with Crippen LogP contribution in [0.2, 0.25) is 0 Å². The second-order valence-corrected chi connectivity index (χ2v) is 6.84. The highest BCUT2D eigenvalue weighted by atomic mass is 16.1. The Labute approximate surface area is 157 Å². The lowest BCUT2D eigenvalue weighted by atomic mass is 9.87. The van der Waals surface area contributed by atoms with Crippen LogP contribution in [-0.4, -0.2) is 18.0 Å². The number of nitrogens with zero attached hydrogens (tertiary/aromatic N) is 1. The molecule has 0 amide bonds. The first-order valence-corrected chi connectivity index (χ1v) is 9.13. The summed E-state index contributed by atoms with van der Waals surface area (Å²) in [6.45, 7) is 0.649. The number of Topliss-reactive ketones (excluding diaryl/α,β-unsaturated/α-hetero) is 1. The molecule has 1 heterocycles. The molecule has 0 saturated carbocycles. The molecule has 0 saturated heterocycles. The fraction of sp³-hybridized carbons (Fsp3) is 0.0833. The summed E-state index contributed by atoms with van der Waals surface area (Å²) in [6.07, 6.45) is 0. The summed E-state index contributed by atoms with van der Waals surface area (Å²) in [5.41, 5.74) is 5.44. The summed E-state index contributed by atoms with van der Waals surface area (Å²) >= 11 is 0. The normalized spacial score (nSPS) is 16.3. The van der Waals surface area contributed by atoms with E-state index in [9.17, 15) is 4.79 Å². The van der Waals surface area contributed by atoms with Gasteiger partial charge in [-0.3, -0.25) is 4.79 Å². The number of carbonyl (C=O) groups is 1. The van der Waals surface area contributed by atoms with Crippen molar-refractivity contribution >= 4 is 33.0 Å². The van der Waals surface area contributed by atoms with Gasteiger partial charge in [-0.2, -0.15) is 5.10 Å². The van der Waals surface area contributed by atoms with Crippen LogP contribution in [0.4, 0.5) is 0 Å². The quantitative estimate of drug-likeness (QED) is 0.421. The lowest BCUT2D eigenvalue weighted by molar-refractivity contribution is 0.106. The van der Waals surface area contributed by atoms with Crippen LogP contribution in [0.25, 0.3) is 21.5 Å². The molecule has 0 spiro atoms. The SMILES string of the molecule is O=C(C1=NNCC1c1ccccc1)c1cc2ccccc2c2ccccc12. The van der Waals surface area contributed by atoms with Gasteiger partial charge in [0.15, 0.2) is 0 Å². The second kappa shape index (κ2) is 6.36. The summed E-state index contributed by atoms with van der Waals surface area (Å²) in [5.74, 6) is -0.0280. The Morgan fingerprint density at radius 3 is 2.30 bits per heavy atom. The summed E-state index contributed by atoms with van der Waals surface area (Å²) in [5, 5.41) is 8.68. The van der Waals surface area contributed by atoms with Gasteiger partial charge in [-0.1, -0.05) is 78.9 Å². The molecule has 0 bridgehead atoms. The van der Waals surface area contributed by atoms with Crippen molar-refractivity contribution in [1.82, 2.24) is 5.43 Å². The van der Waals surface area contributed by atoms with Crippen molar-refractivity contribution in [3.63, 3.8) is 0 Å². The zero-order valence-electron chi connectivity index (χ0n) is 14.7. The lowest BCUT2D eigenvalue weighted by Crippen LogP contribution is -2.22. The van der Waals surface area contributed by atoms with Crippen molar-refractivity contribution in [3.8, 4) is 0 Å². The third-order valence-electron chi connectivity index (χ3n) is 5.27. The number of fused-ring (bicyclic) bond motifs is 3. The fourth-order valence-corrected chi connectivity index (χ4v) is 3.95. The highest BCUT2D eigenvalue weighted by Gasteiger charge is 2.30. The average Bonchev–Trinajstić information content (AvgIpc) is 3.23. The standard InChI is InChI=1S/C24H18N2O/c27-24(23-22(15-25-26-23)16-8-2-1-3-9-16)21-14-17-10-4-5-11-18(17)19-12-6-7-13-20(19)21/h1-14,22,25H,15H2. The zero-order chi connectivity index (χ0) is 18.2. The molecule has 1 atom stereocenters. The summed E-state index contributed by atoms with van der Waals surface area (Å²) in [7, 11) is 0. The molecule has 0 aromatic heterocycles. The van der Waals surface area contributed by atoms with Gasteiger partial charge in [-0.05, 0) is 33.2 Å². The summed E-state index contributed by atoms with van der Waals surface area (Å²) < 4.78 is 0. The van der Waals surface area contributed by atoms with Crippen LogP contribution in [0.3, 0.4) is 0 Å². The smallest absolute Gasteiger partial charge is 0.210 e. The molecule has 1 aliphatic rings. The molecule has 3 nitrogen and oxygen atoms in total. The molecule has 130 valence electrons. The van der Waals surface area contributed by atoms with Crippen molar-refractivity contribution < 1.29 is 4.79 Å². The molecule has 1 aliphatic heterocycles. The first kappa shape index (κ1) is 15.8. The van der Waals surface area contributed by atoms with Gasteiger partial charge in [-0.15, -0.1) is 0 Å². The van der Waals surface area contributed by atoms with Gasteiger partial charge >= 0.3 is 0 Å². The molecule has 0 radical (unpaired) electrons. The van der Waals surface area contributed by atoms with E-state index in [-0.39, 0.29) is 11.7 Å². The molecule has 0 fully saturated rings. The van der Waals surface area contributed by atoms with Gasteiger partial charge < -0.3 is 5.43 Å². The number of nitrogens with one attached hydrogen (secondary N) is 1. The molecule has 0 aliphatic carbocycles. The van der Waals surface area contributed by atoms with E-state index >= 15 is 0 Å². The molecule has 4 aromatic rings. The average molecular weight is 350 g/mol. The molecule has 5 rings (SSSR count). The second-order valence-electron chi connectivity index (χ2n) is 6.84. The highest BCUT2D eigenvalue weighted by molar-refractivity contribution is 6.50. The van der Waals surface area contributed by atoms with Crippen molar-refractivity contribution in [3.05, 3.63) is 96.1 Å². The molecular weight excluding hydrogens is 332 g/mol. The van der Waals surface area contributed by atoms with Gasteiger partial charge in [0, 0.05) is 12.1 Å². The van der Waals surface area contributed by atoms with Gasteiger partial charge in [0.05, 0.1) is 5.92 Å². The highest BCUT2D eigenvalue weighted by Crippen LogP contribution is 2.31. The monoisotopic (exact) mass is 350 g/mol. The Morgan fingerprint density at radius 1 is 0.815 bits per heavy atom. The van der Waals surface area contributed by atoms with Crippen LogP contribution >= 0.6 is 0 Å². The predicted molar refractivity (Wildman–Crippen MR) is 110 cm³/mol. The Bertz CT molecular complexity index is 1190. The van der Waals surface area contributed by atoms with E-state index in [1.165, 1.54) is 0 Å². The van der Waals surface area contributed by atoms with Crippen LogP contribution < -0.4 is 5.43 Å². The van der Waals surface area contributed by atoms with Crippen LogP contribution in [0.1, 0.15) is 21.8 Å². The largest absolute Gasteiger partial charge is 0.309 e. The molecule has 1 N–H and O–H groups in total. The first-order valence-electron chi connectivity index (χ1n) is 9.13. The molecule has 4 aromatic carbocycles. The van der Waals surface area contributed by atoms with E-state index in [1.54, 1.807) is 0 Å². The van der Waals surface area contributed by atoms with Crippen LogP contribution in [-0.2, 0) is 0 Å². The van der Waals surface area contributed by atoms with Crippen LogP contribution in [0.5, 0.6) is 0 Å². The van der Waals surface area contributed by atoms with Gasteiger partial charge in [0.25, 0.3) is 0 Å². The molecule has 27 heavy (non-hydrogen) atoms. The fourth-order valence-electron chi connectivity index (χ4n) is 3.95. The zero-order valence-corrected chi connectivity index (χ0v) is 14.7. The summed E-state index contributed by atoms with van der Waals surface area (Å²) in [6, 6.07) is 28.4. The van der Waals surface area contributed by atoms with Gasteiger partial charge in [0.2, 0.25) is 5.78 Å². The number of carbonyl (C=O) groups excluding carboxylic acids is 1. The number of hydrogen-bond acceptors (Lipinski definition) is 3. The number of hydrazone groups is 1. The van der Waals surface area contributed by atoms with E-state index in [0.717, 1.165) is 27.1 Å². The lowest BCUT2D eigenvalue weighted by Gasteiger charge is -2.14. The molecule has 3 heteroatoms. The van der Waals surface area contributed by atoms with Crippen molar-refractivity contribution in [2.75, 3.05) is 6.54 Å².